The van der Waals surface area contributed by atoms with Gasteiger partial charge in [0.2, 0.25) is 5.91 Å². The lowest BCUT2D eigenvalue weighted by atomic mass is 10.2. The number of hydrogen-bond acceptors (Lipinski definition) is 3. The van der Waals surface area contributed by atoms with Crippen LogP contribution in [0.5, 0.6) is 0 Å². The highest BCUT2D eigenvalue weighted by molar-refractivity contribution is 8.00. The minimum absolute atomic E-state index is 0.0411. The SMILES string of the molecule is Cc1ccc(S[C@@H](C)C(=O)NCc2cccnc2)cc1. The van der Waals surface area contributed by atoms with Crippen LogP contribution in [-0.4, -0.2) is 16.1 Å². The van der Waals surface area contributed by atoms with Gasteiger partial charge in [0.05, 0.1) is 5.25 Å². The summed E-state index contributed by atoms with van der Waals surface area (Å²) in [7, 11) is 0. The number of nitrogens with one attached hydrogen (secondary N) is 1. The van der Waals surface area contributed by atoms with Gasteiger partial charge in [-0.25, -0.2) is 0 Å². The molecule has 0 aliphatic carbocycles. The molecule has 104 valence electrons. The van der Waals surface area contributed by atoms with Gasteiger partial charge in [0.25, 0.3) is 0 Å². The van der Waals surface area contributed by atoms with E-state index in [0.717, 1.165) is 10.5 Å². The van der Waals surface area contributed by atoms with E-state index in [2.05, 4.69) is 29.4 Å². The summed E-state index contributed by atoms with van der Waals surface area (Å²) in [5, 5.41) is 2.81. The van der Waals surface area contributed by atoms with E-state index in [0.29, 0.717) is 6.54 Å². The number of thioether (sulfide) groups is 1. The molecule has 2 rings (SSSR count). The Hall–Kier alpha value is -1.81. The summed E-state index contributed by atoms with van der Waals surface area (Å²) < 4.78 is 0. The second-order valence-electron chi connectivity index (χ2n) is 4.65. The highest BCUT2D eigenvalue weighted by atomic mass is 32.2. The van der Waals surface area contributed by atoms with E-state index in [4.69, 9.17) is 0 Å². The highest BCUT2D eigenvalue weighted by Gasteiger charge is 2.13. The highest BCUT2D eigenvalue weighted by Crippen LogP contribution is 2.23. The van der Waals surface area contributed by atoms with Crippen LogP contribution in [0.15, 0.2) is 53.7 Å². The van der Waals surface area contributed by atoms with Gasteiger partial charge in [0, 0.05) is 23.8 Å². The molecule has 2 aromatic rings. The number of rotatable bonds is 5. The topological polar surface area (TPSA) is 42.0 Å². The van der Waals surface area contributed by atoms with Gasteiger partial charge in [0.15, 0.2) is 0 Å². The van der Waals surface area contributed by atoms with Crippen LogP contribution in [0.25, 0.3) is 0 Å². The number of pyridine rings is 1. The van der Waals surface area contributed by atoms with Crippen LogP contribution in [0.2, 0.25) is 0 Å². The fraction of sp³-hybridized carbons (Fsp3) is 0.250. The van der Waals surface area contributed by atoms with Crippen molar-refractivity contribution in [3.8, 4) is 0 Å². The summed E-state index contributed by atoms with van der Waals surface area (Å²) in [6, 6.07) is 12.0. The zero-order valence-corrected chi connectivity index (χ0v) is 12.5. The number of carbonyl (C=O) groups is 1. The number of aryl methyl sites for hydroxylation is 1. The summed E-state index contributed by atoms with van der Waals surface area (Å²) in [6.45, 7) is 4.49. The van der Waals surface area contributed by atoms with Gasteiger partial charge < -0.3 is 5.32 Å². The number of aromatic nitrogens is 1. The van der Waals surface area contributed by atoms with E-state index in [9.17, 15) is 4.79 Å². The van der Waals surface area contributed by atoms with E-state index in [1.165, 1.54) is 5.56 Å². The van der Waals surface area contributed by atoms with Crippen LogP contribution >= 0.6 is 11.8 Å². The zero-order valence-electron chi connectivity index (χ0n) is 11.7. The minimum Gasteiger partial charge on any atom is -0.351 e. The van der Waals surface area contributed by atoms with E-state index in [-0.39, 0.29) is 11.2 Å². The Morgan fingerprint density at radius 3 is 2.70 bits per heavy atom. The maximum Gasteiger partial charge on any atom is 0.233 e. The van der Waals surface area contributed by atoms with Gasteiger partial charge in [0.1, 0.15) is 0 Å². The summed E-state index contributed by atoms with van der Waals surface area (Å²) >= 11 is 1.57. The number of carbonyl (C=O) groups excluding carboxylic acids is 1. The maximum atomic E-state index is 12.0. The van der Waals surface area contributed by atoms with Crippen molar-refractivity contribution < 1.29 is 4.79 Å². The number of benzene rings is 1. The average molecular weight is 286 g/mol. The van der Waals surface area contributed by atoms with Crippen molar-refractivity contribution in [1.82, 2.24) is 10.3 Å². The summed E-state index contributed by atoms with van der Waals surface area (Å²) in [5.41, 5.74) is 2.23. The molecule has 0 bridgehead atoms. The van der Waals surface area contributed by atoms with Crippen LogP contribution in [0.4, 0.5) is 0 Å². The summed E-state index contributed by atoms with van der Waals surface area (Å²) in [6.07, 6.45) is 3.49. The molecule has 1 N–H and O–H groups in total. The summed E-state index contributed by atoms with van der Waals surface area (Å²) in [5.74, 6) is 0.0411. The quantitative estimate of drug-likeness (QED) is 0.858. The van der Waals surface area contributed by atoms with Gasteiger partial charge >= 0.3 is 0 Å². The van der Waals surface area contributed by atoms with E-state index >= 15 is 0 Å². The van der Waals surface area contributed by atoms with Crippen LogP contribution in [0.1, 0.15) is 18.1 Å². The zero-order chi connectivity index (χ0) is 14.4. The number of nitrogens with zero attached hydrogens (tertiary/aromatic N) is 1. The summed E-state index contributed by atoms with van der Waals surface area (Å²) in [4.78, 5) is 17.2. The molecule has 1 amide bonds. The van der Waals surface area contributed by atoms with E-state index in [1.807, 2.05) is 31.2 Å². The first-order valence-electron chi connectivity index (χ1n) is 6.55. The first-order chi connectivity index (χ1) is 9.65. The third-order valence-electron chi connectivity index (χ3n) is 2.89. The minimum atomic E-state index is -0.116. The largest absolute Gasteiger partial charge is 0.351 e. The molecule has 0 aliphatic heterocycles. The molecule has 0 spiro atoms. The molecule has 1 atom stereocenters. The van der Waals surface area contributed by atoms with Crippen LogP contribution < -0.4 is 5.32 Å². The molecule has 3 nitrogen and oxygen atoms in total. The lowest BCUT2D eigenvalue weighted by Crippen LogP contribution is -2.30. The molecule has 1 heterocycles. The Bertz CT molecular complexity index is 554. The standard InChI is InChI=1S/C16H18N2OS/c1-12-5-7-15(8-6-12)20-13(2)16(19)18-11-14-4-3-9-17-10-14/h3-10,13H,11H2,1-2H3,(H,18,19)/t13-/m0/s1. The van der Waals surface area contributed by atoms with Gasteiger partial charge in [-0.3, -0.25) is 9.78 Å². The second kappa shape index (κ2) is 7.10. The maximum absolute atomic E-state index is 12.0. The average Bonchev–Trinajstić information content (AvgIpc) is 2.48. The van der Waals surface area contributed by atoms with E-state index in [1.54, 1.807) is 24.2 Å². The molecule has 1 aromatic heterocycles. The molecule has 0 radical (unpaired) electrons. The van der Waals surface area contributed by atoms with Crippen LogP contribution in [-0.2, 0) is 11.3 Å². The van der Waals surface area contributed by atoms with Crippen molar-refractivity contribution >= 4 is 17.7 Å². The lowest BCUT2D eigenvalue weighted by molar-refractivity contribution is -0.120. The molecule has 0 fully saturated rings. The van der Waals surface area contributed by atoms with Crippen molar-refractivity contribution in [1.29, 1.82) is 0 Å². The lowest BCUT2D eigenvalue weighted by Gasteiger charge is -2.12. The number of hydrogen-bond donors (Lipinski definition) is 1. The molecular weight excluding hydrogens is 268 g/mol. The van der Waals surface area contributed by atoms with Crippen LogP contribution in [0.3, 0.4) is 0 Å². The number of amides is 1. The fourth-order valence-corrected chi connectivity index (χ4v) is 2.60. The molecule has 0 saturated heterocycles. The van der Waals surface area contributed by atoms with Crippen molar-refractivity contribution in [3.05, 3.63) is 59.9 Å². The molecule has 0 unspecified atom stereocenters. The molecule has 0 aliphatic rings. The Balaban J connectivity index is 1.84. The second-order valence-corrected chi connectivity index (χ2v) is 6.07. The molecule has 20 heavy (non-hydrogen) atoms. The monoisotopic (exact) mass is 286 g/mol. The van der Waals surface area contributed by atoms with E-state index < -0.39 is 0 Å². The van der Waals surface area contributed by atoms with Crippen molar-refractivity contribution in [2.45, 2.75) is 30.5 Å². The smallest absolute Gasteiger partial charge is 0.233 e. The Labute approximate surface area is 123 Å². The van der Waals surface area contributed by atoms with Crippen molar-refractivity contribution in [3.63, 3.8) is 0 Å². The molecule has 0 saturated carbocycles. The van der Waals surface area contributed by atoms with Crippen molar-refractivity contribution in [2.24, 2.45) is 0 Å². The van der Waals surface area contributed by atoms with Gasteiger partial charge in [-0.15, -0.1) is 11.8 Å². The Morgan fingerprint density at radius 1 is 1.30 bits per heavy atom. The Kier molecular flexibility index (Phi) is 5.18. The normalized spacial score (nSPS) is 11.9. The molecule has 1 aromatic carbocycles. The first kappa shape index (κ1) is 14.6. The fourth-order valence-electron chi connectivity index (χ4n) is 1.71. The third-order valence-corrected chi connectivity index (χ3v) is 4.00. The van der Waals surface area contributed by atoms with Gasteiger partial charge in [-0.05, 0) is 37.6 Å². The molecule has 4 heteroatoms. The van der Waals surface area contributed by atoms with Gasteiger partial charge in [-0.2, -0.15) is 0 Å². The van der Waals surface area contributed by atoms with Gasteiger partial charge in [-0.1, -0.05) is 23.8 Å². The first-order valence-corrected chi connectivity index (χ1v) is 7.43. The Morgan fingerprint density at radius 2 is 2.05 bits per heavy atom. The third kappa shape index (κ3) is 4.38. The predicted octanol–water partition coefficient (Wildman–Crippen LogP) is 3.19. The van der Waals surface area contributed by atoms with Crippen LogP contribution in [0, 0.1) is 6.92 Å². The predicted molar refractivity (Wildman–Crippen MR) is 82.6 cm³/mol. The van der Waals surface area contributed by atoms with Crippen molar-refractivity contribution in [2.75, 3.05) is 0 Å². The molecular formula is C16H18N2OS.